The van der Waals surface area contributed by atoms with Gasteiger partial charge in [-0.3, -0.25) is 4.79 Å². The van der Waals surface area contributed by atoms with Crippen LogP contribution in [0.1, 0.15) is 12.0 Å². The van der Waals surface area contributed by atoms with E-state index in [1.807, 2.05) is 36.4 Å². The molecule has 0 unspecified atom stereocenters. The van der Waals surface area contributed by atoms with Gasteiger partial charge in [-0.1, -0.05) is 30.3 Å². The van der Waals surface area contributed by atoms with Crippen LogP contribution in [-0.2, 0) is 11.2 Å². The second kappa shape index (κ2) is 5.94. The number of nitrogens with zero attached hydrogens (tertiary/aromatic N) is 2. The predicted octanol–water partition coefficient (Wildman–Crippen LogP) is 2.65. The van der Waals surface area contributed by atoms with Crippen molar-refractivity contribution in [2.45, 2.75) is 12.8 Å². The Morgan fingerprint density at radius 1 is 1.32 bits per heavy atom. The van der Waals surface area contributed by atoms with Gasteiger partial charge < -0.3 is 10.3 Å². The fraction of sp³-hybridized carbons (Fsp3) is 0.200. The minimum absolute atomic E-state index is 0.211. The lowest BCUT2D eigenvalue weighted by Crippen LogP contribution is -2.03. The van der Waals surface area contributed by atoms with E-state index < -0.39 is 0 Å². The molecule has 0 bridgehead atoms. The molecule has 0 aromatic heterocycles. The number of carbonyl (C=O) groups is 1. The zero-order valence-electron chi connectivity index (χ0n) is 10.7. The third kappa shape index (κ3) is 2.87. The molecular weight excluding hydrogens is 240 g/mol. The Labute approximate surface area is 111 Å². The average Bonchev–Trinajstić information content (AvgIpc) is 2.44. The van der Waals surface area contributed by atoms with Crippen LogP contribution in [0.2, 0.25) is 0 Å². The first-order chi connectivity index (χ1) is 9.26. The summed E-state index contributed by atoms with van der Waals surface area (Å²) in [6.07, 6.45) is 1.77. The van der Waals surface area contributed by atoms with Gasteiger partial charge in [0.25, 0.3) is 0 Å². The molecule has 0 aliphatic heterocycles. The number of benzene rings is 2. The van der Waals surface area contributed by atoms with Gasteiger partial charge in [-0.15, -0.1) is 0 Å². The Morgan fingerprint density at radius 3 is 2.84 bits per heavy atom. The number of ether oxygens (including phenoxy) is 1. The molecule has 0 aliphatic rings. The number of fused-ring (bicyclic) bond motifs is 1. The van der Waals surface area contributed by atoms with Crippen LogP contribution in [0.5, 0.6) is 5.75 Å². The standard InChI is InChI=1S/C15H14N2O2/c1-19-15-9-6-11-4-2-3-5-13(11)14(15)8-7-12(18)10-17-16/h2-6,9-10H,7-8H2,1H3. The van der Waals surface area contributed by atoms with E-state index in [2.05, 4.69) is 4.79 Å². The Bertz CT molecular complexity index is 658. The highest BCUT2D eigenvalue weighted by Crippen LogP contribution is 2.28. The first-order valence-electron chi connectivity index (χ1n) is 6.01. The monoisotopic (exact) mass is 254 g/mol. The molecule has 0 aliphatic carbocycles. The van der Waals surface area contributed by atoms with Gasteiger partial charge in [-0.25, -0.2) is 0 Å². The van der Waals surface area contributed by atoms with E-state index in [0.717, 1.165) is 28.3 Å². The van der Waals surface area contributed by atoms with Crippen LogP contribution < -0.4 is 4.74 Å². The molecule has 2 aromatic rings. The average molecular weight is 254 g/mol. The molecule has 0 spiro atoms. The maximum Gasteiger partial charge on any atom is 0.323 e. The van der Waals surface area contributed by atoms with E-state index in [4.69, 9.17) is 10.3 Å². The van der Waals surface area contributed by atoms with Crippen molar-refractivity contribution in [1.29, 1.82) is 0 Å². The molecule has 4 heteroatoms. The second-order valence-electron chi connectivity index (χ2n) is 4.18. The molecule has 0 atom stereocenters. The first-order valence-corrected chi connectivity index (χ1v) is 6.01. The molecule has 96 valence electrons. The zero-order valence-corrected chi connectivity index (χ0v) is 10.7. The molecule has 19 heavy (non-hydrogen) atoms. The molecule has 4 nitrogen and oxygen atoms in total. The molecule has 0 heterocycles. The van der Waals surface area contributed by atoms with Crippen LogP contribution in [0.4, 0.5) is 0 Å². The quantitative estimate of drug-likeness (QED) is 0.468. The van der Waals surface area contributed by atoms with Gasteiger partial charge in [0.2, 0.25) is 5.78 Å². The molecule has 0 saturated heterocycles. The third-order valence-corrected chi connectivity index (χ3v) is 3.04. The van der Waals surface area contributed by atoms with Gasteiger partial charge in [0.15, 0.2) is 0 Å². The van der Waals surface area contributed by atoms with Gasteiger partial charge >= 0.3 is 6.21 Å². The van der Waals surface area contributed by atoms with Crippen molar-refractivity contribution in [3.8, 4) is 5.75 Å². The molecular formula is C15H14N2O2. The number of methoxy groups -OCH3 is 1. The molecule has 0 radical (unpaired) electrons. The summed E-state index contributed by atoms with van der Waals surface area (Å²) in [5.41, 5.74) is 9.33. The van der Waals surface area contributed by atoms with Crippen LogP contribution in [0.15, 0.2) is 36.4 Å². The number of Topliss-reactive ketones (excluding diaryl/α,β-unsaturated/α-hetero) is 1. The van der Waals surface area contributed by atoms with E-state index >= 15 is 0 Å². The summed E-state index contributed by atoms with van der Waals surface area (Å²) >= 11 is 0. The van der Waals surface area contributed by atoms with Crippen molar-refractivity contribution in [2.75, 3.05) is 7.11 Å². The van der Waals surface area contributed by atoms with Gasteiger partial charge in [0.1, 0.15) is 5.75 Å². The van der Waals surface area contributed by atoms with Crippen LogP contribution in [-0.4, -0.2) is 23.9 Å². The summed E-state index contributed by atoms with van der Waals surface area (Å²) in [5, 5.41) is 2.19. The van der Waals surface area contributed by atoms with E-state index in [1.54, 1.807) is 7.11 Å². The summed E-state index contributed by atoms with van der Waals surface area (Å²) in [6.45, 7) is 0. The number of rotatable bonds is 5. The normalized spacial score (nSPS) is 9.95. The minimum atomic E-state index is -0.211. The van der Waals surface area contributed by atoms with Gasteiger partial charge in [-0.2, -0.15) is 4.79 Å². The van der Waals surface area contributed by atoms with E-state index in [9.17, 15) is 4.79 Å². The molecule has 0 fully saturated rings. The van der Waals surface area contributed by atoms with Crippen molar-refractivity contribution < 1.29 is 14.3 Å². The van der Waals surface area contributed by atoms with Crippen molar-refractivity contribution in [1.82, 2.24) is 0 Å². The Balaban J connectivity index is 2.38. The lowest BCUT2D eigenvalue weighted by Gasteiger charge is -2.11. The van der Waals surface area contributed by atoms with Crippen molar-refractivity contribution in [2.24, 2.45) is 0 Å². The Morgan fingerprint density at radius 2 is 2.11 bits per heavy atom. The van der Waals surface area contributed by atoms with Crippen molar-refractivity contribution in [3.05, 3.63) is 47.5 Å². The van der Waals surface area contributed by atoms with Crippen LogP contribution in [0.3, 0.4) is 0 Å². The number of hydrogen-bond acceptors (Lipinski definition) is 2. The Kier molecular flexibility index (Phi) is 4.06. The zero-order chi connectivity index (χ0) is 13.7. The SMILES string of the molecule is COc1ccc2ccccc2c1CCC(=O)C=[N+]=[N-]. The number of aryl methyl sites for hydroxylation is 1. The predicted molar refractivity (Wildman–Crippen MR) is 73.5 cm³/mol. The molecule has 2 aromatic carbocycles. The molecule has 0 saturated carbocycles. The lowest BCUT2D eigenvalue weighted by atomic mass is 9.99. The smallest absolute Gasteiger partial charge is 0.323 e. The summed E-state index contributed by atoms with van der Waals surface area (Å²) in [5.74, 6) is 0.560. The fourth-order valence-corrected chi connectivity index (χ4v) is 2.14. The minimum Gasteiger partial charge on any atom is -0.496 e. The van der Waals surface area contributed by atoms with Crippen molar-refractivity contribution in [3.63, 3.8) is 0 Å². The maximum atomic E-state index is 11.4. The van der Waals surface area contributed by atoms with Crippen LogP contribution >= 0.6 is 0 Å². The molecule has 0 amide bonds. The maximum absolute atomic E-state index is 11.4. The fourth-order valence-electron chi connectivity index (χ4n) is 2.14. The van der Waals surface area contributed by atoms with Gasteiger partial charge in [0, 0.05) is 12.0 Å². The van der Waals surface area contributed by atoms with Crippen molar-refractivity contribution >= 4 is 22.8 Å². The Hall–Kier alpha value is -2.45. The van der Waals surface area contributed by atoms with E-state index in [-0.39, 0.29) is 12.2 Å². The van der Waals surface area contributed by atoms with E-state index in [1.165, 1.54) is 0 Å². The number of ketones is 1. The highest BCUT2D eigenvalue weighted by Gasteiger charge is 2.11. The topological polar surface area (TPSA) is 62.7 Å². The summed E-state index contributed by atoms with van der Waals surface area (Å²) in [7, 11) is 1.62. The second-order valence-corrected chi connectivity index (χ2v) is 4.18. The third-order valence-electron chi connectivity index (χ3n) is 3.04. The lowest BCUT2D eigenvalue weighted by molar-refractivity contribution is -0.116. The molecule has 2 rings (SSSR count). The first kappa shape index (κ1) is 13.0. The molecule has 0 N–H and O–H groups in total. The number of carbonyl (C=O) groups excluding carboxylic acids is 1. The highest BCUT2D eigenvalue weighted by molar-refractivity contribution is 6.25. The van der Waals surface area contributed by atoms with E-state index in [0.29, 0.717) is 6.42 Å². The summed E-state index contributed by atoms with van der Waals surface area (Å²) in [4.78, 5) is 14.1. The highest BCUT2D eigenvalue weighted by atomic mass is 16.5. The summed E-state index contributed by atoms with van der Waals surface area (Å²) in [6, 6.07) is 11.9. The largest absolute Gasteiger partial charge is 0.496 e. The van der Waals surface area contributed by atoms with Gasteiger partial charge in [-0.05, 0) is 23.3 Å². The van der Waals surface area contributed by atoms with Gasteiger partial charge in [0.05, 0.1) is 7.11 Å². The number of hydrogen-bond donors (Lipinski definition) is 0. The van der Waals surface area contributed by atoms with Crippen LogP contribution in [0, 0.1) is 0 Å². The van der Waals surface area contributed by atoms with Crippen LogP contribution in [0.25, 0.3) is 16.3 Å². The summed E-state index contributed by atoms with van der Waals surface area (Å²) < 4.78 is 5.35.